The SMILES string of the molecule is CCc1nc(C)c[nH]1.O.[AlH3]. The summed E-state index contributed by atoms with van der Waals surface area (Å²) in [6.07, 6.45) is 2.91. The Morgan fingerprint density at radius 3 is 2.40 bits per heavy atom. The number of rotatable bonds is 1. The van der Waals surface area contributed by atoms with Crippen LogP contribution in [0.3, 0.4) is 0 Å². The molecule has 58 valence electrons. The van der Waals surface area contributed by atoms with Crippen LogP contribution in [0.15, 0.2) is 6.20 Å². The van der Waals surface area contributed by atoms with Gasteiger partial charge in [0.2, 0.25) is 0 Å². The van der Waals surface area contributed by atoms with Gasteiger partial charge in [-0.25, -0.2) is 4.98 Å². The van der Waals surface area contributed by atoms with Gasteiger partial charge >= 0.3 is 0 Å². The Morgan fingerprint density at radius 2 is 2.20 bits per heavy atom. The number of nitrogens with zero attached hydrogens (tertiary/aromatic N) is 1. The molecule has 0 aliphatic heterocycles. The predicted molar refractivity (Wildman–Crippen MR) is 46.3 cm³/mol. The minimum absolute atomic E-state index is 0. The zero-order valence-corrected chi connectivity index (χ0v) is 5.73. The predicted octanol–water partition coefficient (Wildman–Crippen LogP) is -0.728. The number of hydrogen-bond donors (Lipinski definition) is 1. The van der Waals surface area contributed by atoms with Gasteiger partial charge in [0.05, 0.1) is 5.69 Å². The van der Waals surface area contributed by atoms with Gasteiger partial charge in [-0.05, 0) is 6.92 Å². The first kappa shape index (κ1) is 12.4. The van der Waals surface area contributed by atoms with Gasteiger partial charge in [0, 0.05) is 12.6 Å². The van der Waals surface area contributed by atoms with Crippen LogP contribution in [-0.2, 0) is 6.42 Å². The molecule has 0 saturated heterocycles. The molecular formula is C6H15AlN2O. The number of hydrogen-bond acceptors (Lipinski definition) is 1. The number of aromatic nitrogens is 2. The summed E-state index contributed by atoms with van der Waals surface area (Å²) in [5.41, 5.74) is 1.07. The number of aryl methyl sites for hydroxylation is 2. The van der Waals surface area contributed by atoms with Gasteiger partial charge in [-0.1, -0.05) is 6.92 Å². The summed E-state index contributed by atoms with van der Waals surface area (Å²) in [6, 6.07) is 0. The summed E-state index contributed by atoms with van der Waals surface area (Å²) >= 11 is 0. The zero-order chi connectivity index (χ0) is 5.98. The lowest BCUT2D eigenvalue weighted by Crippen LogP contribution is -1.80. The van der Waals surface area contributed by atoms with Crippen molar-refractivity contribution in [3.8, 4) is 0 Å². The van der Waals surface area contributed by atoms with E-state index in [1.807, 2.05) is 13.1 Å². The third kappa shape index (κ3) is 3.02. The molecular weight excluding hydrogens is 143 g/mol. The fourth-order valence-corrected chi connectivity index (χ4v) is 0.646. The summed E-state index contributed by atoms with van der Waals surface area (Å²) in [4.78, 5) is 7.22. The Labute approximate surface area is 71.3 Å². The molecule has 3 N–H and O–H groups in total. The first-order valence-corrected chi connectivity index (χ1v) is 2.84. The van der Waals surface area contributed by atoms with Crippen molar-refractivity contribution in [1.29, 1.82) is 0 Å². The van der Waals surface area contributed by atoms with Crippen molar-refractivity contribution >= 4 is 17.4 Å². The third-order valence-electron chi connectivity index (χ3n) is 1.09. The molecule has 0 aliphatic rings. The number of imidazole rings is 1. The van der Waals surface area contributed by atoms with Crippen molar-refractivity contribution in [2.45, 2.75) is 20.3 Å². The van der Waals surface area contributed by atoms with Crippen LogP contribution in [0.5, 0.6) is 0 Å². The Balaban J connectivity index is 0. The number of aromatic amines is 1. The summed E-state index contributed by atoms with van der Waals surface area (Å²) in [5.74, 6) is 1.07. The van der Waals surface area contributed by atoms with E-state index in [1.54, 1.807) is 0 Å². The normalized spacial score (nSPS) is 7.80. The van der Waals surface area contributed by atoms with Crippen LogP contribution in [0, 0.1) is 6.92 Å². The van der Waals surface area contributed by atoms with Crippen LogP contribution in [0.2, 0.25) is 0 Å². The molecule has 0 fully saturated rings. The minimum Gasteiger partial charge on any atom is -0.412 e. The Hall–Kier alpha value is -0.298. The second-order valence-electron chi connectivity index (χ2n) is 1.84. The van der Waals surface area contributed by atoms with E-state index in [1.165, 1.54) is 0 Å². The summed E-state index contributed by atoms with van der Waals surface area (Å²) < 4.78 is 0. The molecule has 3 nitrogen and oxygen atoms in total. The van der Waals surface area contributed by atoms with Gasteiger partial charge in [0.1, 0.15) is 5.82 Å². The molecule has 0 spiro atoms. The van der Waals surface area contributed by atoms with E-state index in [4.69, 9.17) is 0 Å². The smallest absolute Gasteiger partial charge is 0.187 e. The second kappa shape index (κ2) is 5.48. The Morgan fingerprint density at radius 1 is 1.60 bits per heavy atom. The molecule has 1 rings (SSSR count). The number of H-pyrrole nitrogens is 1. The van der Waals surface area contributed by atoms with E-state index >= 15 is 0 Å². The molecule has 0 unspecified atom stereocenters. The molecule has 0 radical (unpaired) electrons. The highest BCUT2D eigenvalue weighted by Crippen LogP contribution is 1.93. The third-order valence-corrected chi connectivity index (χ3v) is 1.09. The summed E-state index contributed by atoms with van der Waals surface area (Å²) in [7, 11) is 0. The molecule has 0 atom stereocenters. The second-order valence-corrected chi connectivity index (χ2v) is 1.84. The first-order valence-electron chi connectivity index (χ1n) is 2.84. The van der Waals surface area contributed by atoms with Crippen LogP contribution < -0.4 is 0 Å². The van der Waals surface area contributed by atoms with Crippen molar-refractivity contribution < 1.29 is 5.48 Å². The van der Waals surface area contributed by atoms with E-state index in [2.05, 4.69) is 16.9 Å². The topological polar surface area (TPSA) is 60.2 Å². The van der Waals surface area contributed by atoms with Crippen LogP contribution >= 0.6 is 0 Å². The van der Waals surface area contributed by atoms with Gasteiger partial charge in [0.25, 0.3) is 0 Å². The van der Waals surface area contributed by atoms with Gasteiger partial charge in [-0.2, -0.15) is 0 Å². The van der Waals surface area contributed by atoms with Crippen molar-refractivity contribution in [2.75, 3.05) is 0 Å². The monoisotopic (exact) mass is 158 g/mol. The van der Waals surface area contributed by atoms with Crippen LogP contribution in [0.25, 0.3) is 0 Å². The molecule has 10 heavy (non-hydrogen) atoms. The van der Waals surface area contributed by atoms with Crippen molar-refractivity contribution in [3.05, 3.63) is 17.7 Å². The molecule has 4 heteroatoms. The van der Waals surface area contributed by atoms with E-state index in [9.17, 15) is 0 Å². The van der Waals surface area contributed by atoms with Crippen LogP contribution in [-0.4, -0.2) is 32.8 Å². The lowest BCUT2D eigenvalue weighted by atomic mass is 10.5. The standard InChI is InChI=1S/C6H10N2.Al.H2O.3H/c1-3-6-7-4-5(2)8-6;;;;;/h4H,3H2,1-2H3,(H,7,8);;1H2;;;. The van der Waals surface area contributed by atoms with Gasteiger partial charge < -0.3 is 10.5 Å². The van der Waals surface area contributed by atoms with E-state index < -0.39 is 0 Å². The Kier molecular flexibility index (Phi) is 6.79. The molecule has 0 aromatic carbocycles. The van der Waals surface area contributed by atoms with Crippen molar-refractivity contribution in [2.24, 2.45) is 0 Å². The fourth-order valence-electron chi connectivity index (χ4n) is 0.646. The maximum Gasteiger partial charge on any atom is 0.187 e. The zero-order valence-electron chi connectivity index (χ0n) is 5.73. The molecule has 0 aliphatic carbocycles. The molecule has 0 bridgehead atoms. The summed E-state index contributed by atoms with van der Waals surface area (Å²) in [6.45, 7) is 4.06. The average Bonchev–Trinajstić information content (AvgIpc) is 2.14. The fraction of sp³-hybridized carbons (Fsp3) is 0.500. The first-order chi connectivity index (χ1) is 3.83. The lowest BCUT2D eigenvalue weighted by Gasteiger charge is -1.80. The van der Waals surface area contributed by atoms with Gasteiger partial charge in [-0.3, -0.25) is 0 Å². The highest BCUT2D eigenvalue weighted by molar-refractivity contribution is 5.75. The number of nitrogens with one attached hydrogen (secondary N) is 1. The van der Waals surface area contributed by atoms with Crippen LogP contribution in [0.1, 0.15) is 18.4 Å². The minimum atomic E-state index is 0. The molecule has 1 heterocycles. The van der Waals surface area contributed by atoms with E-state index in [-0.39, 0.29) is 22.8 Å². The van der Waals surface area contributed by atoms with E-state index in [0.29, 0.717) is 0 Å². The Bertz CT molecular complexity index is 176. The highest BCUT2D eigenvalue weighted by Gasteiger charge is 1.89. The molecule has 1 aromatic heterocycles. The summed E-state index contributed by atoms with van der Waals surface area (Å²) in [5, 5.41) is 0. The average molecular weight is 158 g/mol. The largest absolute Gasteiger partial charge is 0.412 e. The maximum atomic E-state index is 4.17. The van der Waals surface area contributed by atoms with E-state index in [0.717, 1.165) is 17.9 Å². The van der Waals surface area contributed by atoms with Crippen molar-refractivity contribution in [1.82, 2.24) is 9.97 Å². The van der Waals surface area contributed by atoms with Crippen molar-refractivity contribution in [3.63, 3.8) is 0 Å². The lowest BCUT2D eigenvalue weighted by molar-refractivity contribution is 0.824. The van der Waals surface area contributed by atoms with Crippen LogP contribution in [0.4, 0.5) is 0 Å². The van der Waals surface area contributed by atoms with Gasteiger partial charge in [-0.15, -0.1) is 0 Å². The maximum absolute atomic E-state index is 4.17. The quantitative estimate of drug-likeness (QED) is 0.538. The molecule has 1 aromatic rings. The molecule has 0 saturated carbocycles. The highest BCUT2D eigenvalue weighted by atomic mass is 27.0. The van der Waals surface area contributed by atoms with Gasteiger partial charge in [0.15, 0.2) is 17.4 Å². The molecule has 0 amide bonds.